The molecule has 0 aliphatic carbocycles. The van der Waals surface area contributed by atoms with Gasteiger partial charge in [0.05, 0.1) is 6.04 Å². The molecule has 1 amide bonds. The summed E-state index contributed by atoms with van der Waals surface area (Å²) >= 11 is 1.45. The average Bonchev–Trinajstić information content (AvgIpc) is 2.63. The number of nitrogens with one attached hydrogen (secondary N) is 2. The molecule has 1 saturated heterocycles. The summed E-state index contributed by atoms with van der Waals surface area (Å²) in [5.74, 6) is 0.468. The van der Waals surface area contributed by atoms with Gasteiger partial charge in [0.25, 0.3) is 0 Å². The highest BCUT2D eigenvalue weighted by Crippen LogP contribution is 2.16. The van der Waals surface area contributed by atoms with E-state index in [0.717, 1.165) is 17.8 Å². The lowest BCUT2D eigenvalue weighted by Crippen LogP contribution is -2.52. The van der Waals surface area contributed by atoms with Crippen molar-refractivity contribution in [3.8, 4) is 0 Å². The normalized spacial score (nSPS) is 23.9. The highest BCUT2D eigenvalue weighted by atomic mass is 35.5. The van der Waals surface area contributed by atoms with Crippen molar-refractivity contribution in [2.24, 2.45) is 5.92 Å². The number of hydrogen-bond acceptors (Lipinski definition) is 5. The average molecular weight is 277 g/mol. The van der Waals surface area contributed by atoms with Gasteiger partial charge in [0.2, 0.25) is 5.91 Å². The van der Waals surface area contributed by atoms with Gasteiger partial charge in [-0.3, -0.25) is 4.79 Å². The Morgan fingerprint density at radius 3 is 3.06 bits per heavy atom. The first kappa shape index (κ1) is 14.2. The van der Waals surface area contributed by atoms with Gasteiger partial charge in [0, 0.05) is 24.2 Å². The third kappa shape index (κ3) is 3.55. The minimum Gasteiger partial charge on any atom is -0.375 e. The van der Waals surface area contributed by atoms with Crippen molar-refractivity contribution in [2.45, 2.75) is 25.9 Å². The maximum atomic E-state index is 11.6. The van der Waals surface area contributed by atoms with E-state index in [9.17, 15) is 4.79 Å². The van der Waals surface area contributed by atoms with Gasteiger partial charge >= 0.3 is 0 Å². The molecule has 1 fully saturated rings. The molecule has 0 saturated carbocycles. The van der Waals surface area contributed by atoms with Gasteiger partial charge in [-0.2, -0.15) is 0 Å². The topological polar surface area (TPSA) is 80.0 Å². The van der Waals surface area contributed by atoms with Crippen molar-refractivity contribution in [1.82, 2.24) is 15.6 Å². The van der Waals surface area contributed by atoms with E-state index in [1.54, 1.807) is 6.20 Å². The number of thiazole rings is 1. The molecule has 1 aromatic heterocycles. The van der Waals surface area contributed by atoms with Crippen LogP contribution in [-0.2, 0) is 11.3 Å². The predicted octanol–water partition coefficient (Wildman–Crippen LogP) is 0.761. The molecular weight excluding hydrogens is 260 g/mol. The van der Waals surface area contributed by atoms with Gasteiger partial charge in [0.15, 0.2) is 5.13 Å². The summed E-state index contributed by atoms with van der Waals surface area (Å²) in [5, 5.41) is 6.69. The highest BCUT2D eigenvalue weighted by Gasteiger charge is 2.28. The molecule has 2 atom stereocenters. The van der Waals surface area contributed by atoms with Gasteiger partial charge in [-0.25, -0.2) is 4.98 Å². The van der Waals surface area contributed by atoms with Crippen LogP contribution in [0.2, 0.25) is 0 Å². The molecule has 1 aromatic rings. The summed E-state index contributed by atoms with van der Waals surface area (Å²) < 4.78 is 0. The molecule has 0 radical (unpaired) electrons. The quantitative estimate of drug-likeness (QED) is 0.762. The molecule has 0 spiro atoms. The van der Waals surface area contributed by atoms with E-state index in [0.29, 0.717) is 17.6 Å². The molecule has 17 heavy (non-hydrogen) atoms. The molecule has 0 aromatic carbocycles. The molecule has 7 heteroatoms. The van der Waals surface area contributed by atoms with Crippen LogP contribution in [0.3, 0.4) is 0 Å². The molecule has 2 heterocycles. The Morgan fingerprint density at radius 2 is 2.47 bits per heavy atom. The third-order valence-electron chi connectivity index (χ3n) is 2.82. The Hall–Kier alpha value is -0.850. The van der Waals surface area contributed by atoms with Crippen molar-refractivity contribution in [2.75, 3.05) is 12.3 Å². The van der Waals surface area contributed by atoms with Crippen LogP contribution >= 0.6 is 23.7 Å². The van der Waals surface area contributed by atoms with Crippen LogP contribution in [0.15, 0.2) is 6.20 Å². The molecule has 96 valence electrons. The van der Waals surface area contributed by atoms with E-state index in [1.165, 1.54) is 11.3 Å². The maximum absolute atomic E-state index is 11.6. The van der Waals surface area contributed by atoms with E-state index in [2.05, 4.69) is 22.5 Å². The first-order chi connectivity index (χ1) is 7.66. The number of hydrogen-bond donors (Lipinski definition) is 3. The largest absolute Gasteiger partial charge is 0.375 e. The van der Waals surface area contributed by atoms with Crippen LogP contribution in [0.4, 0.5) is 5.13 Å². The fraction of sp³-hybridized carbons (Fsp3) is 0.600. The van der Waals surface area contributed by atoms with Crippen molar-refractivity contribution >= 4 is 34.8 Å². The van der Waals surface area contributed by atoms with Gasteiger partial charge in [-0.05, 0) is 12.3 Å². The van der Waals surface area contributed by atoms with Crippen molar-refractivity contribution in [3.63, 3.8) is 0 Å². The van der Waals surface area contributed by atoms with Crippen molar-refractivity contribution in [1.29, 1.82) is 0 Å². The van der Waals surface area contributed by atoms with Crippen LogP contribution in [-0.4, -0.2) is 23.5 Å². The fourth-order valence-corrected chi connectivity index (χ4v) is 2.50. The third-order valence-corrected chi connectivity index (χ3v) is 3.64. The number of aromatic nitrogens is 1. The molecular formula is C10H17ClN4OS. The van der Waals surface area contributed by atoms with Crippen molar-refractivity contribution < 1.29 is 4.79 Å². The second-order valence-corrected chi connectivity index (χ2v) is 5.23. The zero-order chi connectivity index (χ0) is 11.5. The number of piperidine rings is 1. The minimum atomic E-state index is -0.0999. The SMILES string of the molecule is CC1CCNC(=O)C1NCc1cnc(N)s1.Cl. The lowest BCUT2D eigenvalue weighted by molar-refractivity contribution is -0.126. The van der Waals surface area contributed by atoms with Crippen molar-refractivity contribution in [3.05, 3.63) is 11.1 Å². The first-order valence-corrected chi connectivity index (χ1v) is 6.19. The molecule has 4 N–H and O–H groups in total. The number of halogens is 1. The second-order valence-electron chi connectivity index (χ2n) is 4.08. The van der Waals surface area contributed by atoms with E-state index >= 15 is 0 Å². The van der Waals surface area contributed by atoms with Crippen LogP contribution in [0.5, 0.6) is 0 Å². The number of rotatable bonds is 3. The fourth-order valence-electron chi connectivity index (χ4n) is 1.87. The summed E-state index contributed by atoms with van der Waals surface area (Å²) in [6, 6.07) is -0.0999. The number of amides is 1. The zero-order valence-corrected chi connectivity index (χ0v) is 11.2. The van der Waals surface area contributed by atoms with Crippen LogP contribution in [0.25, 0.3) is 0 Å². The van der Waals surface area contributed by atoms with E-state index in [1.807, 2.05) is 0 Å². The van der Waals surface area contributed by atoms with Gasteiger partial charge in [-0.1, -0.05) is 6.92 Å². The van der Waals surface area contributed by atoms with Crippen LogP contribution in [0.1, 0.15) is 18.2 Å². The lowest BCUT2D eigenvalue weighted by atomic mass is 9.94. The zero-order valence-electron chi connectivity index (χ0n) is 9.60. The Bertz CT molecular complexity index is 384. The molecule has 2 rings (SSSR count). The molecule has 5 nitrogen and oxygen atoms in total. The summed E-state index contributed by atoms with van der Waals surface area (Å²) in [5.41, 5.74) is 5.54. The number of carbonyl (C=O) groups excluding carboxylic acids is 1. The van der Waals surface area contributed by atoms with Gasteiger partial charge in [-0.15, -0.1) is 23.7 Å². The van der Waals surface area contributed by atoms with E-state index < -0.39 is 0 Å². The molecule has 2 unspecified atom stereocenters. The standard InChI is InChI=1S/C10H16N4OS.ClH/c1-6-2-3-12-9(15)8(6)13-4-7-5-14-10(11)16-7;/h5-6,8,13H,2-4H2,1H3,(H2,11,14)(H,12,15);1H. The van der Waals surface area contributed by atoms with E-state index in [4.69, 9.17) is 5.73 Å². The summed E-state index contributed by atoms with van der Waals surface area (Å²) in [6.45, 7) is 3.53. The maximum Gasteiger partial charge on any atom is 0.237 e. The number of nitrogen functional groups attached to an aromatic ring is 1. The highest BCUT2D eigenvalue weighted by molar-refractivity contribution is 7.15. The minimum absolute atomic E-state index is 0. The predicted molar refractivity (Wildman–Crippen MR) is 71.2 cm³/mol. The number of nitrogens with zero attached hydrogens (tertiary/aromatic N) is 1. The monoisotopic (exact) mass is 276 g/mol. The number of carbonyl (C=O) groups is 1. The van der Waals surface area contributed by atoms with Crippen LogP contribution < -0.4 is 16.4 Å². The first-order valence-electron chi connectivity index (χ1n) is 5.38. The van der Waals surface area contributed by atoms with E-state index in [-0.39, 0.29) is 24.4 Å². The molecule has 1 aliphatic rings. The second kappa shape index (κ2) is 6.18. The summed E-state index contributed by atoms with van der Waals surface area (Å²) in [7, 11) is 0. The van der Waals surface area contributed by atoms with Crippen LogP contribution in [0, 0.1) is 5.92 Å². The van der Waals surface area contributed by atoms with Gasteiger partial charge in [0.1, 0.15) is 0 Å². The summed E-state index contributed by atoms with van der Waals surface area (Å²) in [6.07, 6.45) is 2.77. The number of nitrogens with two attached hydrogens (primary N) is 1. The summed E-state index contributed by atoms with van der Waals surface area (Å²) in [4.78, 5) is 16.7. The smallest absolute Gasteiger partial charge is 0.237 e. The van der Waals surface area contributed by atoms with Gasteiger partial charge < -0.3 is 16.4 Å². The Kier molecular flexibility index (Phi) is 5.17. The molecule has 0 bridgehead atoms. The number of anilines is 1. The Labute approximate surface area is 111 Å². The Morgan fingerprint density at radius 1 is 1.71 bits per heavy atom. The Balaban J connectivity index is 0.00000144. The molecule has 1 aliphatic heterocycles. The lowest BCUT2D eigenvalue weighted by Gasteiger charge is -2.28.